The van der Waals surface area contributed by atoms with Crippen molar-refractivity contribution in [1.29, 1.82) is 0 Å². The number of aromatic hydroxyl groups is 1. The van der Waals surface area contributed by atoms with Crippen molar-refractivity contribution >= 4 is 11.7 Å². The van der Waals surface area contributed by atoms with Gasteiger partial charge in [-0.15, -0.1) is 0 Å². The monoisotopic (exact) mass is 447 g/mol. The Bertz CT molecular complexity index is 1130. The van der Waals surface area contributed by atoms with Gasteiger partial charge in [0.1, 0.15) is 18.3 Å². The van der Waals surface area contributed by atoms with Crippen molar-refractivity contribution in [3.8, 4) is 5.75 Å². The molecule has 0 saturated carbocycles. The molecule has 1 atom stereocenters. The standard InChI is InChI=1S/C22H23F2N3O5/c1-25-12-26(9-13-6-7-32-11-13)22(31)19-21(30)20(29)16(10-27(19)25)18(28)5-3-14-2-4-15(23)8-17(14)24/h2,4,8,10,13,30H,3,5-7,9,11-12H2,1H3. The van der Waals surface area contributed by atoms with E-state index >= 15 is 0 Å². The molecular formula is C22H23F2N3O5. The Morgan fingerprint density at radius 3 is 2.75 bits per heavy atom. The van der Waals surface area contributed by atoms with Gasteiger partial charge in [0, 0.05) is 44.8 Å². The van der Waals surface area contributed by atoms with Gasteiger partial charge in [0.2, 0.25) is 5.43 Å². The van der Waals surface area contributed by atoms with E-state index in [9.17, 15) is 28.3 Å². The van der Waals surface area contributed by atoms with Crippen LogP contribution in [-0.2, 0) is 11.2 Å². The molecular weight excluding hydrogens is 424 g/mol. The Hall–Kier alpha value is -3.27. The second-order valence-electron chi connectivity index (χ2n) is 8.13. The summed E-state index contributed by atoms with van der Waals surface area (Å²) in [5.74, 6) is -3.24. The number of ether oxygens (including phenoxy) is 1. The first-order valence-corrected chi connectivity index (χ1v) is 10.3. The normalized spacial score (nSPS) is 18.2. The molecule has 8 nitrogen and oxygen atoms in total. The Balaban J connectivity index is 1.57. The third-order valence-electron chi connectivity index (χ3n) is 5.84. The number of aryl methyl sites for hydroxylation is 1. The molecule has 1 aromatic heterocycles. The van der Waals surface area contributed by atoms with Gasteiger partial charge in [-0.1, -0.05) is 6.07 Å². The number of rotatable bonds is 6. The second-order valence-corrected chi connectivity index (χ2v) is 8.13. The van der Waals surface area contributed by atoms with Crippen molar-refractivity contribution in [1.82, 2.24) is 9.58 Å². The number of carbonyl (C=O) groups excluding carboxylic acids is 2. The fourth-order valence-electron chi connectivity index (χ4n) is 4.07. The zero-order valence-electron chi connectivity index (χ0n) is 17.5. The summed E-state index contributed by atoms with van der Waals surface area (Å²) in [6.45, 7) is 1.82. The molecule has 0 spiro atoms. The Morgan fingerprint density at radius 2 is 2.06 bits per heavy atom. The second kappa shape index (κ2) is 8.70. The quantitative estimate of drug-likeness (QED) is 0.678. The number of ketones is 1. The molecule has 32 heavy (non-hydrogen) atoms. The number of pyridine rings is 1. The number of Topliss-reactive ketones (excluding diaryl/α,β-unsaturated/α-hetero) is 1. The smallest absolute Gasteiger partial charge is 0.277 e. The molecule has 4 rings (SSSR count). The molecule has 1 amide bonds. The van der Waals surface area contributed by atoms with E-state index in [0.717, 1.165) is 18.6 Å². The van der Waals surface area contributed by atoms with E-state index in [1.165, 1.54) is 21.8 Å². The molecule has 2 aromatic rings. The van der Waals surface area contributed by atoms with Crippen LogP contribution in [0.4, 0.5) is 8.78 Å². The zero-order valence-corrected chi connectivity index (χ0v) is 17.5. The Morgan fingerprint density at radius 1 is 1.28 bits per heavy atom. The van der Waals surface area contributed by atoms with Gasteiger partial charge in [-0.25, -0.2) is 8.78 Å². The highest BCUT2D eigenvalue weighted by Gasteiger charge is 2.34. The molecule has 1 unspecified atom stereocenters. The lowest BCUT2D eigenvalue weighted by atomic mass is 10.0. The summed E-state index contributed by atoms with van der Waals surface area (Å²) >= 11 is 0. The molecule has 2 aliphatic heterocycles. The lowest BCUT2D eigenvalue weighted by Crippen LogP contribution is -2.53. The van der Waals surface area contributed by atoms with Crippen LogP contribution in [0.5, 0.6) is 5.75 Å². The number of fused-ring (bicyclic) bond motifs is 1. The van der Waals surface area contributed by atoms with E-state index in [1.807, 2.05) is 0 Å². The maximum Gasteiger partial charge on any atom is 0.277 e. The minimum atomic E-state index is -0.950. The molecule has 0 aliphatic carbocycles. The number of aromatic nitrogens is 1. The molecule has 0 bridgehead atoms. The molecule has 170 valence electrons. The summed E-state index contributed by atoms with van der Waals surface area (Å²) in [6, 6.07) is 3.06. The molecule has 1 fully saturated rings. The third kappa shape index (κ3) is 4.10. The van der Waals surface area contributed by atoms with Crippen LogP contribution < -0.4 is 10.4 Å². The summed E-state index contributed by atoms with van der Waals surface area (Å²) in [5, 5.41) is 12.1. The minimum absolute atomic E-state index is 0.0428. The minimum Gasteiger partial charge on any atom is -0.502 e. The van der Waals surface area contributed by atoms with Crippen LogP contribution >= 0.6 is 0 Å². The number of amides is 1. The number of benzene rings is 1. The molecule has 1 N–H and O–H groups in total. The van der Waals surface area contributed by atoms with E-state index in [0.29, 0.717) is 19.8 Å². The van der Waals surface area contributed by atoms with Crippen molar-refractivity contribution in [3.05, 3.63) is 63.1 Å². The largest absolute Gasteiger partial charge is 0.502 e. The lowest BCUT2D eigenvalue weighted by Gasteiger charge is -2.38. The van der Waals surface area contributed by atoms with Crippen LogP contribution in [-0.4, -0.2) is 59.8 Å². The molecule has 10 heteroatoms. The molecule has 1 saturated heterocycles. The van der Waals surface area contributed by atoms with Crippen molar-refractivity contribution in [3.63, 3.8) is 0 Å². The first-order chi connectivity index (χ1) is 15.3. The van der Waals surface area contributed by atoms with Gasteiger partial charge in [-0.05, 0) is 24.5 Å². The van der Waals surface area contributed by atoms with Gasteiger partial charge in [-0.2, -0.15) is 0 Å². The van der Waals surface area contributed by atoms with Gasteiger partial charge >= 0.3 is 0 Å². The van der Waals surface area contributed by atoms with Gasteiger partial charge in [0.05, 0.1) is 12.2 Å². The van der Waals surface area contributed by atoms with Crippen molar-refractivity contribution in [2.45, 2.75) is 19.3 Å². The van der Waals surface area contributed by atoms with Gasteiger partial charge in [0.25, 0.3) is 5.91 Å². The van der Waals surface area contributed by atoms with E-state index in [-0.39, 0.29) is 42.2 Å². The SMILES string of the molecule is CN1CN(CC2CCOC2)C(=O)c2c(O)c(=O)c(C(=O)CCc3ccc(F)cc3F)cn21. The highest BCUT2D eigenvalue weighted by Crippen LogP contribution is 2.24. The predicted octanol–water partition coefficient (Wildman–Crippen LogP) is 1.67. The number of carbonyl (C=O) groups is 2. The van der Waals surface area contributed by atoms with Crippen LogP contribution in [0.3, 0.4) is 0 Å². The molecule has 0 radical (unpaired) electrons. The average molecular weight is 447 g/mol. The molecule has 2 aliphatic rings. The summed E-state index contributed by atoms with van der Waals surface area (Å²) in [4.78, 5) is 39.9. The zero-order chi connectivity index (χ0) is 23.0. The summed E-state index contributed by atoms with van der Waals surface area (Å²) in [5.41, 5.74) is -1.32. The van der Waals surface area contributed by atoms with Crippen LogP contribution in [0.15, 0.2) is 29.2 Å². The van der Waals surface area contributed by atoms with Crippen LogP contribution in [0.2, 0.25) is 0 Å². The number of hydrogen-bond acceptors (Lipinski definition) is 6. The van der Waals surface area contributed by atoms with Gasteiger partial charge in [-0.3, -0.25) is 24.1 Å². The average Bonchev–Trinajstić information content (AvgIpc) is 3.26. The van der Waals surface area contributed by atoms with E-state index in [1.54, 1.807) is 12.1 Å². The summed E-state index contributed by atoms with van der Waals surface area (Å²) in [7, 11) is 1.67. The number of halogens is 2. The van der Waals surface area contributed by atoms with Crippen LogP contribution in [0.1, 0.15) is 39.3 Å². The summed E-state index contributed by atoms with van der Waals surface area (Å²) < 4.78 is 33.5. The van der Waals surface area contributed by atoms with Crippen molar-refractivity contribution < 1.29 is 28.2 Å². The van der Waals surface area contributed by atoms with E-state index in [2.05, 4.69) is 0 Å². The maximum absolute atomic E-state index is 13.8. The topological polar surface area (TPSA) is 92.1 Å². The van der Waals surface area contributed by atoms with Gasteiger partial charge in [0.15, 0.2) is 17.2 Å². The molecule has 3 heterocycles. The first-order valence-electron chi connectivity index (χ1n) is 10.3. The third-order valence-corrected chi connectivity index (χ3v) is 5.84. The Labute approximate surface area is 182 Å². The van der Waals surface area contributed by atoms with Crippen LogP contribution in [0.25, 0.3) is 0 Å². The number of nitrogens with zero attached hydrogens (tertiary/aromatic N) is 3. The maximum atomic E-state index is 13.8. The Kier molecular flexibility index (Phi) is 5.96. The van der Waals surface area contributed by atoms with Crippen molar-refractivity contribution in [2.75, 3.05) is 38.5 Å². The van der Waals surface area contributed by atoms with Crippen molar-refractivity contribution in [2.24, 2.45) is 5.92 Å². The first kappa shape index (κ1) is 21.9. The highest BCUT2D eigenvalue weighted by atomic mass is 19.1. The van der Waals surface area contributed by atoms with E-state index in [4.69, 9.17) is 4.74 Å². The lowest BCUT2D eigenvalue weighted by molar-refractivity contribution is 0.0654. The fraction of sp³-hybridized carbons (Fsp3) is 0.409. The number of hydrogen-bond donors (Lipinski definition) is 1. The van der Waals surface area contributed by atoms with E-state index < -0.39 is 34.5 Å². The van der Waals surface area contributed by atoms with Gasteiger partial charge < -0.3 is 14.7 Å². The molecule has 1 aromatic carbocycles. The van der Waals surface area contributed by atoms with Crippen LogP contribution in [0, 0.1) is 17.6 Å². The summed E-state index contributed by atoms with van der Waals surface area (Å²) in [6.07, 6.45) is 1.80. The predicted molar refractivity (Wildman–Crippen MR) is 110 cm³/mol. The fourth-order valence-corrected chi connectivity index (χ4v) is 4.07. The highest BCUT2D eigenvalue weighted by molar-refractivity contribution is 6.00.